The van der Waals surface area contributed by atoms with Crippen molar-refractivity contribution < 1.29 is 9.59 Å². The highest BCUT2D eigenvalue weighted by atomic mass is 32.2. The Morgan fingerprint density at radius 3 is 2.18 bits per heavy atom. The Morgan fingerprint density at radius 2 is 1.61 bits per heavy atom. The van der Waals surface area contributed by atoms with Crippen molar-refractivity contribution in [3.8, 4) is 0 Å². The van der Waals surface area contributed by atoms with E-state index in [-0.39, 0.29) is 17.9 Å². The van der Waals surface area contributed by atoms with Crippen LogP contribution in [0.25, 0.3) is 0 Å². The zero-order valence-corrected chi connectivity index (χ0v) is 17.7. The Bertz CT molecular complexity index is 735. The number of hydrogen-bond donors (Lipinski definition) is 1. The van der Waals surface area contributed by atoms with Gasteiger partial charge in [-0.3, -0.25) is 9.59 Å². The molecule has 0 bridgehead atoms. The molecule has 1 unspecified atom stereocenters. The molecule has 0 aliphatic heterocycles. The molecule has 0 fully saturated rings. The zero-order chi connectivity index (χ0) is 20.4. The maximum Gasteiger partial charge on any atom is 0.242 e. The Balaban J connectivity index is 2.10. The van der Waals surface area contributed by atoms with Gasteiger partial charge in [0.15, 0.2) is 0 Å². The predicted octanol–water partition coefficient (Wildman–Crippen LogP) is 4.15. The number of thioether (sulfide) groups is 1. The van der Waals surface area contributed by atoms with Crippen LogP contribution in [0.15, 0.2) is 65.6 Å². The first-order valence-corrected chi connectivity index (χ1v) is 10.8. The second-order valence-corrected chi connectivity index (χ2v) is 8.06. The highest BCUT2D eigenvalue weighted by Gasteiger charge is 2.28. The average Bonchev–Trinajstić information content (AvgIpc) is 2.70. The van der Waals surface area contributed by atoms with Crippen molar-refractivity contribution in [2.24, 2.45) is 0 Å². The molecule has 1 N–H and O–H groups in total. The number of nitrogens with one attached hydrogen (secondary N) is 1. The summed E-state index contributed by atoms with van der Waals surface area (Å²) in [7, 11) is 0. The fraction of sp³-hybridized carbons (Fsp3) is 0.391. The van der Waals surface area contributed by atoms with Crippen molar-refractivity contribution >= 4 is 23.6 Å². The van der Waals surface area contributed by atoms with Gasteiger partial charge in [0.25, 0.3) is 0 Å². The Kier molecular flexibility index (Phi) is 9.08. The highest BCUT2D eigenvalue weighted by molar-refractivity contribution is 8.00. The Labute approximate surface area is 172 Å². The number of carbonyl (C=O) groups is 2. The van der Waals surface area contributed by atoms with Gasteiger partial charge in [-0.15, -0.1) is 11.8 Å². The minimum atomic E-state index is -0.449. The molecule has 0 aliphatic carbocycles. The van der Waals surface area contributed by atoms with E-state index in [0.717, 1.165) is 16.9 Å². The molecule has 2 aromatic carbocycles. The van der Waals surface area contributed by atoms with Crippen LogP contribution in [-0.4, -0.2) is 41.1 Å². The monoisotopic (exact) mass is 398 g/mol. The lowest BCUT2D eigenvalue weighted by Crippen LogP contribution is -2.51. The number of amides is 2. The molecule has 0 spiro atoms. The normalized spacial score (nSPS) is 11.9. The maximum absolute atomic E-state index is 13.1. The minimum Gasteiger partial charge on any atom is -0.352 e. The Hall–Kier alpha value is -2.27. The molecular weight excluding hydrogens is 368 g/mol. The topological polar surface area (TPSA) is 49.4 Å². The van der Waals surface area contributed by atoms with Crippen LogP contribution >= 0.6 is 11.8 Å². The number of carbonyl (C=O) groups excluding carboxylic acids is 2. The Morgan fingerprint density at radius 1 is 1.00 bits per heavy atom. The largest absolute Gasteiger partial charge is 0.352 e. The van der Waals surface area contributed by atoms with Gasteiger partial charge in [-0.2, -0.15) is 0 Å². The van der Waals surface area contributed by atoms with Gasteiger partial charge in [-0.25, -0.2) is 0 Å². The first-order valence-electron chi connectivity index (χ1n) is 9.82. The van der Waals surface area contributed by atoms with Crippen LogP contribution in [0.3, 0.4) is 0 Å². The lowest BCUT2D eigenvalue weighted by molar-refractivity contribution is -0.139. The van der Waals surface area contributed by atoms with Crippen molar-refractivity contribution in [2.75, 3.05) is 12.3 Å². The molecule has 2 rings (SSSR count). The van der Waals surface area contributed by atoms with E-state index in [1.807, 2.05) is 69.3 Å². The van der Waals surface area contributed by atoms with Crippen LogP contribution in [0, 0.1) is 0 Å². The summed E-state index contributed by atoms with van der Waals surface area (Å²) in [6.45, 7) is 6.36. The van der Waals surface area contributed by atoms with E-state index < -0.39 is 6.04 Å². The van der Waals surface area contributed by atoms with Crippen molar-refractivity contribution in [1.82, 2.24) is 10.2 Å². The molecule has 150 valence electrons. The first kappa shape index (κ1) is 22.0. The van der Waals surface area contributed by atoms with Crippen LogP contribution in [0.1, 0.15) is 32.8 Å². The van der Waals surface area contributed by atoms with E-state index in [1.165, 1.54) is 11.8 Å². The summed E-state index contributed by atoms with van der Waals surface area (Å²) in [6.07, 6.45) is 1.32. The molecule has 5 heteroatoms. The highest BCUT2D eigenvalue weighted by Crippen LogP contribution is 2.19. The van der Waals surface area contributed by atoms with Crippen molar-refractivity contribution in [2.45, 2.75) is 50.6 Å². The third-order valence-corrected chi connectivity index (χ3v) is 5.40. The fourth-order valence-corrected chi connectivity index (χ4v) is 3.83. The zero-order valence-electron chi connectivity index (χ0n) is 16.9. The van der Waals surface area contributed by atoms with Gasteiger partial charge in [0.05, 0.1) is 5.75 Å². The van der Waals surface area contributed by atoms with E-state index in [9.17, 15) is 9.59 Å². The second kappa shape index (κ2) is 11.5. The quantitative estimate of drug-likeness (QED) is 0.612. The van der Waals surface area contributed by atoms with E-state index in [2.05, 4.69) is 17.4 Å². The molecule has 0 heterocycles. The van der Waals surface area contributed by atoms with E-state index >= 15 is 0 Å². The van der Waals surface area contributed by atoms with E-state index in [0.29, 0.717) is 18.7 Å². The van der Waals surface area contributed by atoms with Gasteiger partial charge in [0.2, 0.25) is 11.8 Å². The molecule has 2 amide bonds. The molecule has 4 nitrogen and oxygen atoms in total. The van der Waals surface area contributed by atoms with E-state index in [4.69, 9.17) is 0 Å². The molecule has 0 aliphatic rings. The van der Waals surface area contributed by atoms with Crippen LogP contribution < -0.4 is 5.32 Å². The van der Waals surface area contributed by atoms with Gasteiger partial charge in [-0.1, -0.05) is 55.5 Å². The predicted molar refractivity (Wildman–Crippen MR) is 116 cm³/mol. The molecule has 0 radical (unpaired) electrons. The van der Waals surface area contributed by atoms with Crippen molar-refractivity contribution in [1.29, 1.82) is 0 Å². The number of rotatable bonds is 10. The first-order chi connectivity index (χ1) is 13.5. The maximum atomic E-state index is 13.1. The SMILES string of the molecule is CCC(C(=O)NC(C)C)N(CCc1ccccc1)C(=O)CSc1ccccc1. The van der Waals surface area contributed by atoms with Crippen LogP contribution in [-0.2, 0) is 16.0 Å². The molecular formula is C23H30N2O2S. The second-order valence-electron chi connectivity index (χ2n) is 7.01. The number of nitrogens with zero attached hydrogens (tertiary/aromatic N) is 1. The summed E-state index contributed by atoms with van der Waals surface area (Å²) in [4.78, 5) is 28.6. The average molecular weight is 399 g/mol. The molecule has 1 atom stereocenters. The van der Waals surface area contributed by atoms with Gasteiger partial charge < -0.3 is 10.2 Å². The minimum absolute atomic E-state index is 0.00413. The van der Waals surface area contributed by atoms with Gasteiger partial charge >= 0.3 is 0 Å². The summed E-state index contributed by atoms with van der Waals surface area (Å²) in [5.41, 5.74) is 1.16. The smallest absolute Gasteiger partial charge is 0.242 e. The molecule has 28 heavy (non-hydrogen) atoms. The summed E-state index contributed by atoms with van der Waals surface area (Å²) < 4.78 is 0. The summed E-state index contributed by atoms with van der Waals surface area (Å²) in [5, 5.41) is 2.96. The van der Waals surface area contributed by atoms with Gasteiger partial charge in [-0.05, 0) is 44.4 Å². The lowest BCUT2D eigenvalue weighted by Gasteiger charge is -2.31. The van der Waals surface area contributed by atoms with E-state index in [1.54, 1.807) is 4.90 Å². The third-order valence-electron chi connectivity index (χ3n) is 4.41. The molecule has 0 aromatic heterocycles. The van der Waals surface area contributed by atoms with Gasteiger partial charge in [0, 0.05) is 17.5 Å². The summed E-state index contributed by atoms with van der Waals surface area (Å²) in [5.74, 6) is 0.240. The molecule has 2 aromatic rings. The number of benzene rings is 2. The number of hydrogen-bond acceptors (Lipinski definition) is 3. The van der Waals surface area contributed by atoms with Crippen LogP contribution in [0.2, 0.25) is 0 Å². The fourth-order valence-electron chi connectivity index (χ4n) is 3.02. The van der Waals surface area contributed by atoms with Crippen LogP contribution in [0.4, 0.5) is 0 Å². The third kappa shape index (κ3) is 7.04. The summed E-state index contributed by atoms with van der Waals surface area (Å²) in [6, 6.07) is 19.6. The van der Waals surface area contributed by atoms with Gasteiger partial charge in [0.1, 0.15) is 6.04 Å². The summed E-state index contributed by atoms with van der Waals surface area (Å²) >= 11 is 1.51. The molecule has 0 saturated carbocycles. The standard InChI is InChI=1S/C23H30N2O2S/c1-4-21(23(27)24-18(2)3)25(16-15-19-11-7-5-8-12-19)22(26)17-28-20-13-9-6-10-14-20/h5-14,18,21H,4,15-17H2,1-3H3,(H,24,27). The molecule has 0 saturated heterocycles. The van der Waals surface area contributed by atoms with Crippen molar-refractivity contribution in [3.05, 3.63) is 66.2 Å². The van der Waals surface area contributed by atoms with Crippen LogP contribution in [0.5, 0.6) is 0 Å². The van der Waals surface area contributed by atoms with Crippen molar-refractivity contribution in [3.63, 3.8) is 0 Å². The lowest BCUT2D eigenvalue weighted by atomic mass is 10.1.